The third-order valence-electron chi connectivity index (χ3n) is 5.46. The molecule has 0 fully saturated rings. The van der Waals surface area contributed by atoms with E-state index >= 15 is 0 Å². The van der Waals surface area contributed by atoms with Crippen molar-refractivity contribution in [2.24, 2.45) is 4.99 Å². The molecule has 3 aromatic rings. The first-order chi connectivity index (χ1) is 15.0. The van der Waals surface area contributed by atoms with E-state index in [0.717, 1.165) is 33.3 Å². The van der Waals surface area contributed by atoms with Crippen molar-refractivity contribution in [2.75, 3.05) is 10.6 Å². The fourth-order valence-corrected chi connectivity index (χ4v) is 3.88. The molecule has 0 radical (unpaired) electrons. The summed E-state index contributed by atoms with van der Waals surface area (Å²) < 4.78 is 0. The van der Waals surface area contributed by atoms with Gasteiger partial charge in [-0.15, -0.1) is 0 Å². The van der Waals surface area contributed by atoms with Gasteiger partial charge in [0.15, 0.2) is 6.23 Å². The number of nitrogens with zero attached hydrogens (tertiary/aromatic N) is 1. The van der Waals surface area contributed by atoms with Crippen LogP contribution in [-0.2, 0) is 16.1 Å². The summed E-state index contributed by atoms with van der Waals surface area (Å²) in [5.74, 6) is -1.16. The van der Waals surface area contributed by atoms with Gasteiger partial charge in [-0.1, -0.05) is 30.3 Å². The zero-order chi connectivity index (χ0) is 22.0. The maximum Gasteiger partial charge on any atom is 0.311 e. The van der Waals surface area contributed by atoms with Gasteiger partial charge in [-0.2, -0.15) is 0 Å². The Bertz CT molecular complexity index is 1170. The lowest BCUT2D eigenvalue weighted by Crippen LogP contribution is -2.17. The van der Waals surface area contributed by atoms with Crippen molar-refractivity contribution in [1.82, 2.24) is 0 Å². The first kappa shape index (κ1) is 20.6. The van der Waals surface area contributed by atoms with E-state index in [1.807, 2.05) is 49.4 Å². The van der Waals surface area contributed by atoms with Gasteiger partial charge in [0.2, 0.25) is 0 Å². The van der Waals surface area contributed by atoms with E-state index in [9.17, 15) is 19.8 Å². The lowest BCUT2D eigenvalue weighted by atomic mass is 9.96. The zero-order valence-electron chi connectivity index (χ0n) is 17.0. The number of aliphatic carboxylic acids is 1. The molecule has 7 nitrogen and oxygen atoms in total. The van der Waals surface area contributed by atoms with Crippen molar-refractivity contribution in [2.45, 2.75) is 32.0 Å². The molecule has 0 saturated carbocycles. The van der Waals surface area contributed by atoms with Crippen LogP contribution in [0, 0.1) is 0 Å². The fourth-order valence-electron chi connectivity index (χ4n) is 3.88. The molecule has 0 aromatic heterocycles. The number of hydrogen-bond acceptors (Lipinski definition) is 6. The molecule has 4 N–H and O–H groups in total. The van der Waals surface area contributed by atoms with Crippen molar-refractivity contribution in [1.29, 1.82) is 0 Å². The van der Waals surface area contributed by atoms with E-state index in [0.29, 0.717) is 24.2 Å². The molecule has 31 heavy (non-hydrogen) atoms. The molecule has 1 aliphatic heterocycles. The highest BCUT2D eigenvalue weighted by Gasteiger charge is 2.21. The number of aldehydes is 1. The summed E-state index contributed by atoms with van der Waals surface area (Å²) >= 11 is 0. The lowest BCUT2D eigenvalue weighted by Gasteiger charge is -2.22. The molecule has 0 amide bonds. The van der Waals surface area contributed by atoms with Crippen LogP contribution in [0.2, 0.25) is 0 Å². The molecule has 158 valence electrons. The highest BCUT2D eigenvalue weighted by atomic mass is 16.4. The van der Waals surface area contributed by atoms with Crippen molar-refractivity contribution < 1.29 is 19.8 Å². The Morgan fingerprint density at radius 1 is 1.19 bits per heavy atom. The number of rotatable bonds is 7. The van der Waals surface area contributed by atoms with E-state index in [1.54, 1.807) is 12.1 Å². The Balaban J connectivity index is 1.53. The van der Waals surface area contributed by atoms with Crippen molar-refractivity contribution in [3.05, 3.63) is 71.3 Å². The van der Waals surface area contributed by atoms with Gasteiger partial charge < -0.3 is 25.6 Å². The maximum atomic E-state index is 11.3. The van der Waals surface area contributed by atoms with Crippen LogP contribution in [0.4, 0.5) is 11.4 Å². The third kappa shape index (κ3) is 4.27. The fraction of sp³-hybridized carbons (Fsp3) is 0.208. The topological polar surface area (TPSA) is 111 Å². The van der Waals surface area contributed by atoms with E-state index in [-0.39, 0.29) is 6.42 Å². The lowest BCUT2D eigenvalue weighted by molar-refractivity contribution is -0.139. The van der Waals surface area contributed by atoms with Crippen LogP contribution in [0.25, 0.3) is 10.8 Å². The van der Waals surface area contributed by atoms with Crippen LogP contribution in [0.15, 0.2) is 59.6 Å². The van der Waals surface area contributed by atoms with Gasteiger partial charge in [-0.25, -0.2) is 4.99 Å². The molecule has 0 saturated heterocycles. The summed E-state index contributed by atoms with van der Waals surface area (Å²) in [5.41, 5.74) is 4.10. The normalized spacial score (nSPS) is 16.1. The molecule has 1 aliphatic rings. The molecule has 2 unspecified atom stereocenters. The number of carboxylic acids is 1. The number of hydrogen-bond donors (Lipinski definition) is 4. The third-order valence-corrected chi connectivity index (χ3v) is 5.46. The minimum absolute atomic E-state index is 0.0478. The molecule has 7 heteroatoms. The van der Waals surface area contributed by atoms with E-state index in [4.69, 9.17) is 0 Å². The number of amidine groups is 1. The SMILES string of the molecule is CC1=NC(O)c2c(ccc3ccc(CNc4ccc(C(CC=O)C(=O)O)cc4)cc23)N1. The summed E-state index contributed by atoms with van der Waals surface area (Å²) in [4.78, 5) is 26.3. The standard InChI is InChI=1S/C24H23N3O4/c1-14-26-21-9-6-17-3-2-15(12-20(17)22(21)23(29)27-14)13-25-18-7-4-16(5-8-18)19(10-11-28)24(30)31/h2-9,11-12,19,23,25,29H,10,13H2,1H3,(H,26,27)(H,30,31). The number of aliphatic imine (C=N–C) groups is 1. The summed E-state index contributed by atoms with van der Waals surface area (Å²) in [5, 5.41) is 28.2. The smallest absolute Gasteiger partial charge is 0.311 e. The van der Waals surface area contributed by atoms with Crippen LogP contribution in [-0.4, -0.2) is 28.3 Å². The number of fused-ring (bicyclic) bond motifs is 3. The molecule has 3 aromatic carbocycles. The van der Waals surface area contributed by atoms with Gasteiger partial charge in [0.25, 0.3) is 0 Å². The molecule has 0 spiro atoms. The van der Waals surface area contributed by atoms with Gasteiger partial charge in [-0.3, -0.25) is 4.79 Å². The summed E-state index contributed by atoms with van der Waals surface area (Å²) in [6.45, 7) is 2.38. The second-order valence-electron chi connectivity index (χ2n) is 7.56. The van der Waals surface area contributed by atoms with E-state index in [1.165, 1.54) is 0 Å². The average molecular weight is 417 g/mol. The number of aliphatic hydroxyl groups excluding tert-OH is 1. The largest absolute Gasteiger partial charge is 0.481 e. The number of carboxylic acid groups (broad SMARTS) is 1. The minimum Gasteiger partial charge on any atom is -0.481 e. The van der Waals surface area contributed by atoms with Gasteiger partial charge in [-0.05, 0) is 53.1 Å². The monoisotopic (exact) mass is 417 g/mol. The first-order valence-corrected chi connectivity index (χ1v) is 10.0. The summed E-state index contributed by atoms with van der Waals surface area (Å²) in [7, 11) is 0. The summed E-state index contributed by atoms with van der Waals surface area (Å²) in [6, 6.07) is 17.1. The predicted octanol–water partition coefficient (Wildman–Crippen LogP) is 4.04. The Hall–Kier alpha value is -3.71. The number of anilines is 2. The van der Waals surface area contributed by atoms with Gasteiger partial charge in [0.05, 0.1) is 5.92 Å². The van der Waals surface area contributed by atoms with Crippen LogP contribution in [0.1, 0.15) is 42.2 Å². The van der Waals surface area contributed by atoms with Gasteiger partial charge >= 0.3 is 5.97 Å². The van der Waals surface area contributed by atoms with Crippen LogP contribution < -0.4 is 10.6 Å². The number of carbonyl (C=O) groups is 2. The van der Waals surface area contributed by atoms with Crippen molar-refractivity contribution in [3.63, 3.8) is 0 Å². The number of nitrogens with one attached hydrogen (secondary N) is 2. The molecule has 1 heterocycles. The molecular weight excluding hydrogens is 394 g/mol. The van der Waals surface area contributed by atoms with E-state index < -0.39 is 18.1 Å². The number of aliphatic hydroxyl groups is 1. The molecule has 0 aliphatic carbocycles. The number of carbonyl (C=O) groups excluding carboxylic acids is 1. The van der Waals surface area contributed by atoms with Crippen molar-refractivity contribution in [3.8, 4) is 0 Å². The molecular formula is C24H23N3O4. The first-order valence-electron chi connectivity index (χ1n) is 10.0. The molecule has 0 bridgehead atoms. The zero-order valence-corrected chi connectivity index (χ0v) is 17.0. The Morgan fingerprint density at radius 2 is 1.94 bits per heavy atom. The predicted molar refractivity (Wildman–Crippen MR) is 120 cm³/mol. The van der Waals surface area contributed by atoms with E-state index in [2.05, 4.69) is 15.6 Å². The number of benzene rings is 3. The Labute approximate surface area is 179 Å². The van der Waals surface area contributed by atoms with Crippen molar-refractivity contribution >= 4 is 40.2 Å². The van der Waals surface area contributed by atoms with Crippen LogP contribution in [0.5, 0.6) is 0 Å². The second-order valence-corrected chi connectivity index (χ2v) is 7.56. The van der Waals surface area contributed by atoms with Crippen LogP contribution >= 0.6 is 0 Å². The Kier molecular flexibility index (Phi) is 5.68. The maximum absolute atomic E-state index is 11.3. The van der Waals surface area contributed by atoms with Crippen LogP contribution in [0.3, 0.4) is 0 Å². The van der Waals surface area contributed by atoms with Gasteiger partial charge in [0, 0.05) is 29.9 Å². The highest BCUT2D eigenvalue weighted by Crippen LogP contribution is 2.35. The molecule has 4 rings (SSSR count). The van der Waals surface area contributed by atoms with Gasteiger partial charge in [0.1, 0.15) is 12.1 Å². The quantitative estimate of drug-likeness (QED) is 0.432. The average Bonchev–Trinajstić information content (AvgIpc) is 2.75. The highest BCUT2D eigenvalue weighted by molar-refractivity contribution is 6.01. The second kappa shape index (κ2) is 8.57. The Morgan fingerprint density at radius 3 is 2.65 bits per heavy atom. The molecule has 2 atom stereocenters. The summed E-state index contributed by atoms with van der Waals surface area (Å²) in [6.07, 6.45) is -0.319. The minimum atomic E-state index is -1.01.